The van der Waals surface area contributed by atoms with E-state index in [0.29, 0.717) is 11.5 Å². The molecule has 0 aliphatic heterocycles. The molecule has 2 aromatic rings. The van der Waals surface area contributed by atoms with Gasteiger partial charge in [-0.2, -0.15) is 5.26 Å². The van der Waals surface area contributed by atoms with E-state index in [1.165, 1.54) is 5.56 Å². The molecule has 0 saturated heterocycles. The first-order valence-electron chi connectivity index (χ1n) is 12.0. The SMILES string of the molecule is COc1ccc(CCN(C)CCCC(C#N)(c2ccc(OC)c(OC)c2)C(C)C)cc1OC.O=C([O-])[O-].[Ca+2]. The number of likely N-dealkylation sites (N-methyl/N-ethyl adjacent to an activating group) is 1. The maximum Gasteiger partial charge on any atom is 2.00 e. The molecule has 0 radical (unpaired) electrons. The Morgan fingerprint density at radius 3 is 1.89 bits per heavy atom. The number of carbonyl (C=O) groups is 1. The van der Waals surface area contributed by atoms with Gasteiger partial charge in [0.05, 0.1) is 39.9 Å². The van der Waals surface area contributed by atoms with Gasteiger partial charge in [-0.05, 0) is 80.3 Å². The van der Waals surface area contributed by atoms with Crippen LogP contribution in [-0.4, -0.2) is 97.4 Å². The van der Waals surface area contributed by atoms with Crippen molar-refractivity contribution in [1.82, 2.24) is 4.90 Å². The molecule has 0 bridgehead atoms. The number of benzene rings is 2. The molecule has 204 valence electrons. The zero-order chi connectivity index (χ0) is 28.0. The second kappa shape index (κ2) is 18.0. The Kier molecular flexibility index (Phi) is 16.9. The number of nitrogens with zero attached hydrogens (tertiary/aromatic N) is 2. The first-order chi connectivity index (χ1) is 17.6. The minimum atomic E-state index is -2.33. The molecule has 0 saturated carbocycles. The molecule has 1 unspecified atom stereocenters. The van der Waals surface area contributed by atoms with Crippen LogP contribution in [0.2, 0.25) is 0 Å². The van der Waals surface area contributed by atoms with Crippen molar-refractivity contribution in [2.45, 2.75) is 38.5 Å². The summed E-state index contributed by atoms with van der Waals surface area (Å²) in [6.07, 6.45) is 0.278. The summed E-state index contributed by atoms with van der Waals surface area (Å²) in [7, 11) is 8.67. The van der Waals surface area contributed by atoms with Gasteiger partial charge in [-0.1, -0.05) is 26.0 Å². The number of hydrogen-bond acceptors (Lipinski definition) is 9. The van der Waals surface area contributed by atoms with E-state index in [-0.39, 0.29) is 43.7 Å². The molecule has 0 aromatic heterocycles. The molecule has 0 aliphatic rings. The van der Waals surface area contributed by atoms with Crippen LogP contribution in [0.1, 0.15) is 37.8 Å². The molecular formula is C28H38CaN2O7. The standard InChI is InChI=1S/C27H38N2O4.CH2O3.Ca/c1-20(2)27(19-28,22-10-12-24(31-5)26(18-22)33-7)14-8-15-29(3)16-13-21-9-11-23(30-4)25(17-21)32-6;2-1(3)4;/h9-12,17-18,20H,8,13-16H2,1-7H3;(H2,2,3,4);/q;;+2/p-2. The molecule has 0 aliphatic carbocycles. The van der Waals surface area contributed by atoms with E-state index in [2.05, 4.69) is 37.9 Å². The molecule has 0 fully saturated rings. The van der Waals surface area contributed by atoms with E-state index in [1.807, 2.05) is 30.3 Å². The van der Waals surface area contributed by atoms with Crippen LogP contribution in [0.4, 0.5) is 4.79 Å². The molecule has 9 nitrogen and oxygen atoms in total. The van der Waals surface area contributed by atoms with E-state index in [0.717, 1.165) is 49.4 Å². The molecular weight excluding hydrogens is 516 g/mol. The van der Waals surface area contributed by atoms with Gasteiger partial charge in [-0.25, -0.2) is 0 Å². The summed E-state index contributed by atoms with van der Waals surface area (Å²) in [4.78, 5) is 10.6. The second-order valence-corrected chi connectivity index (χ2v) is 8.90. The van der Waals surface area contributed by atoms with Gasteiger partial charge in [0.1, 0.15) is 0 Å². The van der Waals surface area contributed by atoms with Crippen molar-refractivity contribution in [3.05, 3.63) is 47.5 Å². The first kappa shape index (κ1) is 35.6. The molecule has 2 aromatic carbocycles. The third-order valence-electron chi connectivity index (χ3n) is 6.42. The zero-order valence-electron chi connectivity index (χ0n) is 23.5. The topological polar surface area (TPSA) is 127 Å². The number of ether oxygens (including phenoxy) is 4. The van der Waals surface area contributed by atoms with Crippen molar-refractivity contribution in [2.24, 2.45) is 5.92 Å². The molecule has 38 heavy (non-hydrogen) atoms. The fraction of sp³-hybridized carbons (Fsp3) is 0.500. The summed E-state index contributed by atoms with van der Waals surface area (Å²) in [6, 6.07) is 14.5. The number of carbonyl (C=O) groups excluding carboxylic acids is 1. The zero-order valence-corrected chi connectivity index (χ0v) is 25.7. The van der Waals surface area contributed by atoms with E-state index >= 15 is 0 Å². The van der Waals surface area contributed by atoms with Crippen molar-refractivity contribution < 1.29 is 34.0 Å². The Balaban J connectivity index is 0.00000255. The van der Waals surface area contributed by atoms with Crippen LogP contribution in [0.25, 0.3) is 0 Å². The Morgan fingerprint density at radius 1 is 0.921 bits per heavy atom. The Bertz CT molecular complexity index is 1040. The summed E-state index contributed by atoms with van der Waals surface area (Å²) in [5.74, 6) is 2.99. The van der Waals surface area contributed by atoms with Crippen molar-refractivity contribution in [3.8, 4) is 29.1 Å². The fourth-order valence-corrected chi connectivity index (χ4v) is 4.23. The van der Waals surface area contributed by atoms with Crippen LogP contribution < -0.4 is 29.2 Å². The minimum absolute atomic E-state index is 0. The first-order valence-corrected chi connectivity index (χ1v) is 12.0. The Morgan fingerprint density at radius 2 is 1.42 bits per heavy atom. The normalized spacial score (nSPS) is 11.8. The van der Waals surface area contributed by atoms with E-state index in [9.17, 15) is 5.26 Å². The fourth-order valence-electron chi connectivity index (χ4n) is 4.23. The predicted molar refractivity (Wildman–Crippen MR) is 143 cm³/mol. The molecule has 0 amide bonds. The van der Waals surface area contributed by atoms with Crippen LogP contribution in [0.15, 0.2) is 36.4 Å². The third kappa shape index (κ3) is 10.4. The van der Waals surface area contributed by atoms with Gasteiger partial charge in [0.15, 0.2) is 23.0 Å². The second-order valence-electron chi connectivity index (χ2n) is 8.90. The molecule has 2 rings (SSSR count). The summed E-state index contributed by atoms with van der Waals surface area (Å²) in [5, 5.41) is 26.9. The predicted octanol–water partition coefficient (Wildman–Crippen LogP) is 2.27. The third-order valence-corrected chi connectivity index (χ3v) is 6.42. The maximum atomic E-state index is 10.2. The summed E-state index contributed by atoms with van der Waals surface area (Å²) in [6.45, 7) is 6.06. The van der Waals surface area contributed by atoms with Crippen LogP contribution in [0.3, 0.4) is 0 Å². The number of rotatable bonds is 13. The number of nitriles is 1. The van der Waals surface area contributed by atoms with Crippen molar-refractivity contribution >= 4 is 43.9 Å². The van der Waals surface area contributed by atoms with Gasteiger partial charge >= 0.3 is 37.7 Å². The van der Waals surface area contributed by atoms with Crippen molar-refractivity contribution in [2.75, 3.05) is 48.6 Å². The Labute approximate surface area is 256 Å². The van der Waals surface area contributed by atoms with Gasteiger partial charge in [0.25, 0.3) is 0 Å². The van der Waals surface area contributed by atoms with Crippen molar-refractivity contribution in [3.63, 3.8) is 0 Å². The number of hydrogen-bond donors (Lipinski definition) is 0. The smallest absolute Gasteiger partial charge is 0.652 e. The minimum Gasteiger partial charge on any atom is -0.652 e. The monoisotopic (exact) mass is 554 g/mol. The maximum absolute atomic E-state index is 10.2. The van der Waals surface area contributed by atoms with Crippen LogP contribution >= 0.6 is 0 Å². The average Bonchev–Trinajstić information content (AvgIpc) is 2.88. The Hall–Kier alpha value is -2.38. The molecule has 0 heterocycles. The molecule has 0 spiro atoms. The van der Waals surface area contributed by atoms with E-state index < -0.39 is 11.6 Å². The molecule has 1 atom stereocenters. The van der Waals surface area contributed by atoms with Gasteiger partial charge in [-0.15, -0.1) is 0 Å². The summed E-state index contributed by atoms with van der Waals surface area (Å²) in [5.41, 5.74) is 1.60. The number of methoxy groups -OCH3 is 4. The quantitative estimate of drug-likeness (QED) is 0.343. The van der Waals surface area contributed by atoms with E-state index in [1.54, 1.807) is 28.4 Å². The van der Waals surface area contributed by atoms with Gasteiger partial charge in [0.2, 0.25) is 0 Å². The van der Waals surface area contributed by atoms with Gasteiger partial charge < -0.3 is 38.9 Å². The number of carboxylic acid groups (broad SMARTS) is 2. The van der Waals surface area contributed by atoms with Gasteiger partial charge in [-0.3, -0.25) is 0 Å². The van der Waals surface area contributed by atoms with Gasteiger partial charge in [0, 0.05) is 6.54 Å². The van der Waals surface area contributed by atoms with Crippen LogP contribution in [0, 0.1) is 17.2 Å². The van der Waals surface area contributed by atoms with Crippen LogP contribution in [0.5, 0.6) is 23.0 Å². The summed E-state index contributed by atoms with van der Waals surface area (Å²) < 4.78 is 21.6. The largest absolute Gasteiger partial charge is 2.00 e. The van der Waals surface area contributed by atoms with E-state index in [4.69, 9.17) is 34.0 Å². The molecule has 0 N–H and O–H groups in total. The van der Waals surface area contributed by atoms with Crippen molar-refractivity contribution in [1.29, 1.82) is 5.26 Å². The molecule has 10 heteroatoms. The van der Waals surface area contributed by atoms with Crippen LogP contribution in [-0.2, 0) is 11.8 Å². The average molecular weight is 555 g/mol. The summed E-state index contributed by atoms with van der Waals surface area (Å²) >= 11 is 0.